The smallest absolute Gasteiger partial charge is 0.195 e. The first-order chi connectivity index (χ1) is 10.2. The predicted octanol–water partition coefficient (Wildman–Crippen LogP) is 2.77. The second kappa shape index (κ2) is 7.44. The Morgan fingerprint density at radius 3 is 2.71 bits per heavy atom. The third-order valence-corrected chi connectivity index (χ3v) is 2.69. The molecule has 0 aliphatic heterocycles. The van der Waals surface area contributed by atoms with E-state index >= 15 is 0 Å². The van der Waals surface area contributed by atoms with Crippen LogP contribution in [0.5, 0.6) is 11.5 Å². The zero-order chi connectivity index (χ0) is 15.1. The first-order valence-corrected chi connectivity index (χ1v) is 6.50. The minimum Gasteiger partial charge on any atom is -0.493 e. The van der Waals surface area contributed by atoms with Crippen LogP contribution in [-0.4, -0.2) is 38.8 Å². The number of nitrogens with zero attached hydrogens (tertiary/aromatic N) is 2. The molecule has 2 rings (SSSR count). The minimum absolute atomic E-state index is 0.471. The third kappa shape index (κ3) is 4.32. The van der Waals surface area contributed by atoms with Crippen LogP contribution < -0.4 is 9.47 Å². The van der Waals surface area contributed by atoms with Gasteiger partial charge in [0.15, 0.2) is 17.3 Å². The number of hydrogen-bond donors (Lipinski definition) is 0. The van der Waals surface area contributed by atoms with E-state index in [0.717, 1.165) is 11.3 Å². The zero-order valence-corrected chi connectivity index (χ0v) is 12.3. The Bertz CT molecular complexity index is 607. The predicted molar refractivity (Wildman–Crippen MR) is 78.9 cm³/mol. The molecule has 0 saturated carbocycles. The monoisotopic (exact) mass is 290 g/mol. The van der Waals surface area contributed by atoms with Crippen molar-refractivity contribution in [2.75, 3.05) is 27.4 Å². The normalized spacial score (nSPS) is 11.0. The van der Waals surface area contributed by atoms with Gasteiger partial charge in [-0.15, -0.1) is 0 Å². The third-order valence-electron chi connectivity index (χ3n) is 2.69. The highest BCUT2D eigenvalue weighted by Gasteiger charge is 2.05. The number of benzene rings is 1. The molecule has 6 nitrogen and oxygen atoms in total. The van der Waals surface area contributed by atoms with E-state index in [0.29, 0.717) is 30.5 Å². The van der Waals surface area contributed by atoms with Crippen molar-refractivity contribution in [3.63, 3.8) is 0 Å². The van der Waals surface area contributed by atoms with Crippen molar-refractivity contribution in [1.29, 1.82) is 0 Å². The molecule has 1 aromatic heterocycles. The van der Waals surface area contributed by atoms with Crippen LogP contribution in [0.2, 0.25) is 0 Å². The first kappa shape index (κ1) is 15.1. The van der Waals surface area contributed by atoms with Gasteiger partial charge in [-0.1, -0.05) is 5.16 Å². The molecule has 0 bridgehead atoms. The molecule has 1 heterocycles. The Labute approximate surface area is 123 Å². The van der Waals surface area contributed by atoms with E-state index in [-0.39, 0.29) is 0 Å². The van der Waals surface area contributed by atoms with Gasteiger partial charge in [-0.25, -0.2) is 4.99 Å². The molecule has 0 N–H and O–H groups in total. The van der Waals surface area contributed by atoms with Crippen LogP contribution in [0, 0.1) is 6.92 Å². The van der Waals surface area contributed by atoms with Gasteiger partial charge in [-0.2, -0.15) is 0 Å². The number of ether oxygens (including phenoxy) is 3. The van der Waals surface area contributed by atoms with Crippen LogP contribution in [0.3, 0.4) is 0 Å². The van der Waals surface area contributed by atoms with E-state index in [4.69, 9.17) is 18.7 Å². The van der Waals surface area contributed by atoms with E-state index in [1.807, 2.05) is 25.1 Å². The fourth-order valence-corrected chi connectivity index (χ4v) is 1.67. The van der Waals surface area contributed by atoms with E-state index in [1.165, 1.54) is 0 Å². The van der Waals surface area contributed by atoms with Crippen molar-refractivity contribution in [3.05, 3.63) is 35.6 Å². The fourth-order valence-electron chi connectivity index (χ4n) is 1.67. The van der Waals surface area contributed by atoms with Crippen molar-refractivity contribution in [2.24, 2.45) is 4.99 Å². The lowest BCUT2D eigenvalue weighted by Gasteiger charge is -2.10. The van der Waals surface area contributed by atoms with Crippen LogP contribution in [0.25, 0.3) is 0 Å². The molecule has 0 aliphatic carbocycles. The number of aliphatic imine (C=N–C) groups is 1. The summed E-state index contributed by atoms with van der Waals surface area (Å²) in [5.74, 6) is 2.57. The highest BCUT2D eigenvalue weighted by molar-refractivity contribution is 5.82. The summed E-state index contributed by atoms with van der Waals surface area (Å²) < 4.78 is 20.8. The summed E-state index contributed by atoms with van der Waals surface area (Å²) in [5.41, 5.74) is 0.881. The Balaban J connectivity index is 2.09. The molecule has 0 atom stereocenters. The first-order valence-electron chi connectivity index (χ1n) is 6.50. The van der Waals surface area contributed by atoms with E-state index in [9.17, 15) is 0 Å². The van der Waals surface area contributed by atoms with Crippen LogP contribution in [0.1, 0.15) is 11.3 Å². The van der Waals surface area contributed by atoms with E-state index < -0.39 is 0 Å². The second-order valence-electron chi connectivity index (χ2n) is 4.31. The quantitative estimate of drug-likeness (QED) is 0.579. The summed E-state index contributed by atoms with van der Waals surface area (Å²) in [4.78, 5) is 4.23. The summed E-state index contributed by atoms with van der Waals surface area (Å²) in [7, 11) is 3.23. The largest absolute Gasteiger partial charge is 0.493 e. The molecule has 0 saturated heterocycles. The maximum atomic E-state index is 5.57. The van der Waals surface area contributed by atoms with Crippen LogP contribution >= 0.6 is 0 Å². The molecule has 0 aliphatic rings. The second-order valence-corrected chi connectivity index (χ2v) is 4.31. The summed E-state index contributed by atoms with van der Waals surface area (Å²) in [6.07, 6.45) is 1.69. The molecule has 2 aromatic rings. The van der Waals surface area contributed by atoms with Gasteiger partial charge >= 0.3 is 0 Å². The van der Waals surface area contributed by atoms with Gasteiger partial charge < -0.3 is 18.7 Å². The molecule has 0 amide bonds. The molecular formula is C15H18N2O4. The summed E-state index contributed by atoms with van der Waals surface area (Å²) in [6.45, 7) is 2.82. The van der Waals surface area contributed by atoms with Crippen molar-refractivity contribution >= 4 is 12.0 Å². The molecule has 0 spiro atoms. The molecule has 0 unspecified atom stereocenters. The van der Waals surface area contributed by atoms with Gasteiger partial charge in [0.2, 0.25) is 0 Å². The lowest BCUT2D eigenvalue weighted by Crippen LogP contribution is -2.05. The maximum absolute atomic E-state index is 5.57. The maximum Gasteiger partial charge on any atom is 0.195 e. The number of aryl methyl sites for hydroxylation is 1. The molecule has 1 aromatic carbocycles. The Morgan fingerprint density at radius 1 is 1.19 bits per heavy atom. The van der Waals surface area contributed by atoms with Gasteiger partial charge in [0, 0.05) is 19.4 Å². The van der Waals surface area contributed by atoms with Gasteiger partial charge in [-0.3, -0.25) is 0 Å². The van der Waals surface area contributed by atoms with Crippen LogP contribution in [0.4, 0.5) is 5.82 Å². The molecule has 21 heavy (non-hydrogen) atoms. The van der Waals surface area contributed by atoms with Gasteiger partial charge in [0.05, 0.1) is 13.7 Å². The minimum atomic E-state index is 0.471. The molecule has 6 heteroatoms. The van der Waals surface area contributed by atoms with Gasteiger partial charge in [0.1, 0.15) is 12.4 Å². The van der Waals surface area contributed by atoms with Crippen LogP contribution in [-0.2, 0) is 4.74 Å². The molecular weight excluding hydrogens is 272 g/mol. The Morgan fingerprint density at radius 2 is 2.05 bits per heavy atom. The van der Waals surface area contributed by atoms with Gasteiger partial charge in [0.25, 0.3) is 0 Å². The average Bonchev–Trinajstić information content (AvgIpc) is 2.92. The Hall–Kier alpha value is -2.34. The van der Waals surface area contributed by atoms with Crippen molar-refractivity contribution in [2.45, 2.75) is 6.92 Å². The zero-order valence-electron chi connectivity index (χ0n) is 12.3. The average molecular weight is 290 g/mol. The van der Waals surface area contributed by atoms with E-state index in [2.05, 4.69) is 10.1 Å². The van der Waals surface area contributed by atoms with Crippen molar-refractivity contribution in [3.8, 4) is 11.5 Å². The lowest BCUT2D eigenvalue weighted by molar-refractivity contribution is 0.144. The highest BCUT2D eigenvalue weighted by Crippen LogP contribution is 2.27. The van der Waals surface area contributed by atoms with Crippen LogP contribution in [0.15, 0.2) is 33.8 Å². The van der Waals surface area contributed by atoms with Crippen molar-refractivity contribution in [1.82, 2.24) is 5.16 Å². The van der Waals surface area contributed by atoms with E-state index in [1.54, 1.807) is 26.5 Å². The summed E-state index contributed by atoms with van der Waals surface area (Å²) in [6, 6.07) is 7.33. The summed E-state index contributed by atoms with van der Waals surface area (Å²) >= 11 is 0. The number of methoxy groups -OCH3 is 2. The fraction of sp³-hybridized carbons (Fsp3) is 0.333. The topological polar surface area (TPSA) is 66.1 Å². The molecule has 112 valence electrons. The Kier molecular flexibility index (Phi) is 5.34. The van der Waals surface area contributed by atoms with Crippen molar-refractivity contribution < 1.29 is 18.7 Å². The van der Waals surface area contributed by atoms with Gasteiger partial charge in [-0.05, 0) is 30.7 Å². The highest BCUT2D eigenvalue weighted by atomic mass is 16.5. The number of aromatic nitrogens is 1. The number of rotatable bonds is 7. The lowest BCUT2D eigenvalue weighted by atomic mass is 10.2. The summed E-state index contributed by atoms with van der Waals surface area (Å²) in [5, 5.41) is 3.80. The molecule has 0 radical (unpaired) electrons. The SMILES string of the molecule is COCCOc1ccc(C=Nc2cc(C)on2)cc1OC. The number of hydrogen-bond acceptors (Lipinski definition) is 6. The standard InChI is InChI=1S/C15H18N2O4/c1-11-8-15(17-21-11)16-10-12-4-5-13(14(9-12)19-3)20-7-6-18-2/h4-5,8-10H,6-7H2,1-3H3. The molecule has 0 fully saturated rings.